The molecule has 7 aromatic rings. The van der Waals surface area contributed by atoms with Gasteiger partial charge in [0.2, 0.25) is 0 Å². The number of hydrogen-bond acceptors (Lipinski definition) is 7. The third-order valence-corrected chi connectivity index (χ3v) is 6.60. The van der Waals surface area contributed by atoms with Crippen LogP contribution in [0.2, 0.25) is 0 Å². The zero-order chi connectivity index (χ0) is 30.0. The summed E-state index contributed by atoms with van der Waals surface area (Å²) in [5, 5.41) is 10.2. The summed E-state index contributed by atoms with van der Waals surface area (Å²) in [5.41, 5.74) is 3.83. The number of alkyl halides is 3. The molecule has 0 aliphatic rings. The molecule has 1 radical (unpaired) electrons. The Kier molecular flexibility index (Phi) is 8.84. The minimum Gasteiger partial charge on any atom is -0.540 e. The summed E-state index contributed by atoms with van der Waals surface area (Å²) < 4.78 is 47.3. The predicted molar refractivity (Wildman–Crippen MR) is 156 cm³/mol. The molecular formula is C32H21F3IrN6O2-2. The van der Waals surface area contributed by atoms with Crippen molar-refractivity contribution >= 4 is 32.6 Å². The number of pyridine rings is 1. The number of benzene rings is 4. The van der Waals surface area contributed by atoms with E-state index in [1.807, 2.05) is 66.9 Å². The van der Waals surface area contributed by atoms with E-state index in [4.69, 9.17) is 19.4 Å². The van der Waals surface area contributed by atoms with Crippen LogP contribution in [0.4, 0.5) is 13.2 Å². The van der Waals surface area contributed by atoms with Crippen molar-refractivity contribution in [2.24, 2.45) is 0 Å². The first kappa shape index (κ1) is 30.5. The normalized spacial score (nSPS) is 11.1. The number of nitrogens with zero attached hydrogens (tertiary/aromatic N) is 6. The molecule has 8 nitrogen and oxygen atoms in total. The summed E-state index contributed by atoms with van der Waals surface area (Å²) in [6.45, 7) is 0. The van der Waals surface area contributed by atoms with E-state index in [0.29, 0.717) is 0 Å². The van der Waals surface area contributed by atoms with E-state index >= 15 is 0 Å². The van der Waals surface area contributed by atoms with Gasteiger partial charge in [0.15, 0.2) is 0 Å². The topological polar surface area (TPSA) is 97.0 Å². The van der Waals surface area contributed by atoms with Crippen molar-refractivity contribution in [3.05, 3.63) is 103 Å². The average molecular weight is 771 g/mol. The fourth-order valence-corrected chi connectivity index (χ4v) is 4.55. The molecular weight excluding hydrogens is 750 g/mol. The molecule has 0 saturated carbocycles. The minimum atomic E-state index is -4.57. The van der Waals surface area contributed by atoms with E-state index in [1.165, 1.54) is 12.3 Å². The SMILES string of the molecule is COc1c[c-]c2c(c1)c1cc(OC)ccc1c1nc(-c3ccccc3)cnc21.FC(F)(F)c1n[n-]c(-c2ccccn2)n1.[Ir]. The number of fused-ring (bicyclic) bond motifs is 6. The zero-order valence-electron chi connectivity index (χ0n) is 23.1. The van der Waals surface area contributed by atoms with Crippen LogP contribution in [0.1, 0.15) is 5.82 Å². The number of methoxy groups -OCH3 is 2. The van der Waals surface area contributed by atoms with Gasteiger partial charge in [-0.15, -0.1) is 17.5 Å². The Bertz CT molecular complexity index is 2060. The van der Waals surface area contributed by atoms with Crippen molar-refractivity contribution in [3.8, 4) is 34.3 Å². The van der Waals surface area contributed by atoms with Crippen LogP contribution in [-0.4, -0.2) is 39.3 Å². The number of rotatable bonds is 4. The monoisotopic (exact) mass is 771 g/mol. The van der Waals surface area contributed by atoms with Crippen molar-refractivity contribution in [3.63, 3.8) is 0 Å². The molecule has 0 amide bonds. The Morgan fingerprint density at radius 2 is 1.50 bits per heavy atom. The zero-order valence-corrected chi connectivity index (χ0v) is 25.5. The van der Waals surface area contributed by atoms with Crippen molar-refractivity contribution in [1.29, 1.82) is 0 Å². The van der Waals surface area contributed by atoms with Crippen molar-refractivity contribution in [2.45, 2.75) is 6.18 Å². The number of aromatic nitrogens is 6. The van der Waals surface area contributed by atoms with Crippen LogP contribution in [0.25, 0.3) is 55.4 Å². The predicted octanol–water partition coefficient (Wildman–Crippen LogP) is 6.93. The molecule has 0 atom stereocenters. The van der Waals surface area contributed by atoms with Gasteiger partial charge < -0.3 is 24.5 Å². The smallest absolute Gasteiger partial charge is 0.429 e. The summed E-state index contributed by atoms with van der Waals surface area (Å²) in [6.07, 6.45) is -1.30. The molecule has 0 unspecified atom stereocenters. The molecule has 12 heteroatoms. The number of halogens is 3. The Hall–Kier alpha value is -4.93. The Morgan fingerprint density at radius 3 is 2.18 bits per heavy atom. The fraction of sp³-hybridized carbons (Fsp3) is 0.0938. The van der Waals surface area contributed by atoms with E-state index in [-0.39, 0.29) is 31.6 Å². The van der Waals surface area contributed by atoms with E-state index in [9.17, 15) is 13.2 Å². The van der Waals surface area contributed by atoms with Crippen molar-refractivity contribution in [2.75, 3.05) is 14.2 Å². The number of ether oxygens (including phenoxy) is 2. The second kappa shape index (κ2) is 12.7. The largest absolute Gasteiger partial charge is 0.540 e. The van der Waals surface area contributed by atoms with E-state index in [2.05, 4.69) is 26.2 Å². The van der Waals surface area contributed by atoms with Crippen LogP contribution in [-0.2, 0) is 26.3 Å². The maximum atomic E-state index is 12.1. The van der Waals surface area contributed by atoms with Gasteiger partial charge in [-0.05, 0) is 40.9 Å². The summed E-state index contributed by atoms with van der Waals surface area (Å²) in [6, 6.07) is 28.1. The van der Waals surface area contributed by atoms with E-state index < -0.39 is 12.0 Å². The Balaban J connectivity index is 0.000000204. The van der Waals surface area contributed by atoms with Gasteiger partial charge in [-0.3, -0.25) is 15.1 Å². The third kappa shape index (κ3) is 6.08. The van der Waals surface area contributed by atoms with Crippen LogP contribution in [0.5, 0.6) is 11.5 Å². The molecule has 0 saturated heterocycles. The van der Waals surface area contributed by atoms with E-state index in [0.717, 1.165) is 55.3 Å². The Morgan fingerprint density at radius 1 is 0.750 bits per heavy atom. The molecule has 3 aromatic heterocycles. The van der Waals surface area contributed by atoms with Crippen LogP contribution in [0.3, 0.4) is 0 Å². The van der Waals surface area contributed by atoms with Crippen LogP contribution in [0.15, 0.2) is 91.3 Å². The van der Waals surface area contributed by atoms with Crippen LogP contribution >= 0.6 is 0 Å². The molecule has 0 N–H and O–H groups in total. The van der Waals surface area contributed by atoms with Crippen molar-refractivity contribution in [1.82, 2.24) is 30.1 Å². The molecule has 44 heavy (non-hydrogen) atoms. The first-order chi connectivity index (χ1) is 20.9. The van der Waals surface area contributed by atoms with Gasteiger partial charge >= 0.3 is 6.18 Å². The summed E-state index contributed by atoms with van der Waals surface area (Å²) >= 11 is 0. The van der Waals surface area contributed by atoms with E-state index in [1.54, 1.807) is 26.4 Å². The van der Waals surface area contributed by atoms with Crippen LogP contribution in [0, 0.1) is 6.07 Å². The van der Waals surface area contributed by atoms with Gasteiger partial charge in [-0.1, -0.05) is 53.9 Å². The summed E-state index contributed by atoms with van der Waals surface area (Å²) in [5.74, 6) is 0.180. The first-order valence-electron chi connectivity index (χ1n) is 12.9. The molecule has 0 bridgehead atoms. The van der Waals surface area contributed by atoms with Gasteiger partial charge in [0.1, 0.15) is 11.6 Å². The third-order valence-electron chi connectivity index (χ3n) is 6.60. The van der Waals surface area contributed by atoms with Gasteiger partial charge in [-0.2, -0.15) is 13.2 Å². The molecule has 4 aromatic carbocycles. The maximum absolute atomic E-state index is 12.1. The molecule has 0 aliphatic heterocycles. The average Bonchev–Trinajstić information content (AvgIpc) is 3.57. The fourth-order valence-electron chi connectivity index (χ4n) is 4.55. The van der Waals surface area contributed by atoms with Gasteiger partial charge in [0.25, 0.3) is 0 Å². The van der Waals surface area contributed by atoms with Crippen LogP contribution < -0.4 is 14.6 Å². The Labute approximate surface area is 262 Å². The maximum Gasteiger partial charge on any atom is 0.429 e. The number of hydrogen-bond donors (Lipinski definition) is 0. The quantitative estimate of drug-likeness (QED) is 0.141. The minimum absolute atomic E-state index is 0. The standard InChI is InChI=1S/C24H17N2O2.C8H4F3N4.Ir/c1-27-16-8-10-18-20(12-16)21-13-17(28-2)9-11-19(21)24-23(18)25-14-22(26-24)15-6-4-3-5-7-15;9-8(10,11)7-13-6(14-15-7)5-3-1-2-4-12-5;/h3-9,11-14H,1-2H3;1-4H;/q2*-1;. The molecule has 3 heterocycles. The summed E-state index contributed by atoms with van der Waals surface area (Å²) in [7, 11) is 3.33. The van der Waals surface area contributed by atoms with Crippen molar-refractivity contribution < 1.29 is 42.8 Å². The summed E-state index contributed by atoms with van der Waals surface area (Å²) in [4.78, 5) is 16.8. The first-order valence-corrected chi connectivity index (χ1v) is 12.9. The van der Waals surface area contributed by atoms with Gasteiger partial charge in [0.05, 0.1) is 31.1 Å². The molecule has 223 valence electrons. The van der Waals surface area contributed by atoms with Gasteiger partial charge in [-0.25, -0.2) is 0 Å². The van der Waals surface area contributed by atoms with Gasteiger partial charge in [0, 0.05) is 49.3 Å². The second-order valence-electron chi connectivity index (χ2n) is 9.23. The second-order valence-corrected chi connectivity index (χ2v) is 9.23. The molecule has 0 aliphatic carbocycles. The molecule has 0 spiro atoms. The molecule has 7 rings (SSSR count). The molecule has 0 fully saturated rings.